The highest BCUT2D eigenvalue weighted by Crippen LogP contribution is 2.50. The van der Waals surface area contributed by atoms with Crippen LogP contribution in [0.25, 0.3) is 5.57 Å². The Balaban J connectivity index is 2.15. The third-order valence-electron chi connectivity index (χ3n) is 9.74. The first-order valence-electron chi connectivity index (χ1n) is 19.2. The number of benzene rings is 2. The lowest BCUT2D eigenvalue weighted by atomic mass is 9.76. The van der Waals surface area contributed by atoms with Crippen molar-refractivity contribution < 1.29 is 0 Å². The Hall–Kier alpha value is -2.43. The lowest BCUT2D eigenvalue weighted by Crippen LogP contribution is -2.44. The van der Waals surface area contributed by atoms with Crippen molar-refractivity contribution in [3.05, 3.63) is 77.5 Å². The van der Waals surface area contributed by atoms with Gasteiger partial charge in [-0.3, -0.25) is 0 Å². The van der Waals surface area contributed by atoms with E-state index in [1.165, 1.54) is 74.0 Å². The van der Waals surface area contributed by atoms with Gasteiger partial charge in [0.05, 0.1) is 6.04 Å². The minimum Gasteiger partial charge on any atom is -0.372 e. The van der Waals surface area contributed by atoms with Crippen molar-refractivity contribution in [2.24, 2.45) is 5.73 Å². The van der Waals surface area contributed by atoms with Gasteiger partial charge in [0.15, 0.2) is 0 Å². The maximum Gasteiger partial charge on any atom is 0.116 e. The van der Waals surface area contributed by atoms with Gasteiger partial charge in [0.2, 0.25) is 0 Å². The van der Waals surface area contributed by atoms with E-state index in [0.29, 0.717) is 0 Å². The average molecular weight is 663 g/mol. The molecule has 0 aliphatic heterocycles. The predicted molar refractivity (Wildman–Crippen MR) is 210 cm³/mol. The number of alkyl halides is 1. The second-order valence-electron chi connectivity index (χ2n) is 13.5. The van der Waals surface area contributed by atoms with E-state index in [2.05, 4.69) is 117 Å². The molecule has 0 heterocycles. The van der Waals surface area contributed by atoms with Crippen molar-refractivity contribution >= 4 is 28.5 Å². The largest absolute Gasteiger partial charge is 0.372 e. The van der Waals surface area contributed by atoms with Gasteiger partial charge in [0, 0.05) is 61.9 Å². The molecular formula is C42H67ClN4. The zero-order chi connectivity index (χ0) is 34.1. The minimum absolute atomic E-state index is 0.352. The molecule has 0 aromatic heterocycles. The van der Waals surface area contributed by atoms with Gasteiger partial charge in [-0.2, -0.15) is 0 Å². The summed E-state index contributed by atoms with van der Waals surface area (Å²) in [6.07, 6.45) is 18.7. The van der Waals surface area contributed by atoms with E-state index in [-0.39, 0.29) is 6.04 Å². The molecular weight excluding hydrogens is 596 g/mol. The first-order chi connectivity index (χ1) is 22.9. The van der Waals surface area contributed by atoms with Crippen LogP contribution in [0.2, 0.25) is 0 Å². The molecule has 3 rings (SSSR count). The van der Waals surface area contributed by atoms with E-state index < -0.39 is 4.87 Å². The first-order valence-corrected chi connectivity index (χ1v) is 19.6. The second kappa shape index (κ2) is 20.8. The van der Waals surface area contributed by atoms with E-state index in [9.17, 15) is 0 Å². The summed E-state index contributed by atoms with van der Waals surface area (Å²) in [5.41, 5.74) is 14.2. The zero-order valence-corrected chi connectivity index (χ0v) is 31.6. The normalized spacial score (nSPS) is 17.7. The molecule has 0 fully saturated rings. The maximum absolute atomic E-state index is 8.01. The summed E-state index contributed by atoms with van der Waals surface area (Å²) in [6, 6.07) is 18.0. The van der Waals surface area contributed by atoms with Crippen LogP contribution >= 0.6 is 11.6 Å². The quantitative estimate of drug-likeness (QED) is 0.120. The van der Waals surface area contributed by atoms with Gasteiger partial charge in [-0.05, 0) is 80.0 Å². The Morgan fingerprint density at radius 1 is 0.553 bits per heavy atom. The van der Waals surface area contributed by atoms with Gasteiger partial charge in [0.25, 0.3) is 0 Å². The summed E-state index contributed by atoms with van der Waals surface area (Å²) in [5, 5.41) is 0. The number of hydrogen-bond donors (Lipinski definition) is 1. The molecule has 0 saturated carbocycles. The number of rotatable bonds is 23. The molecule has 2 atom stereocenters. The Kier molecular flexibility index (Phi) is 17.3. The molecule has 0 radical (unpaired) electrons. The summed E-state index contributed by atoms with van der Waals surface area (Å²) in [7, 11) is 0. The van der Waals surface area contributed by atoms with Crippen molar-refractivity contribution in [3.8, 4) is 0 Å². The molecule has 0 amide bonds. The molecule has 1 aliphatic rings. The molecule has 2 unspecified atom stereocenters. The molecule has 262 valence electrons. The van der Waals surface area contributed by atoms with Gasteiger partial charge < -0.3 is 20.4 Å². The SMILES string of the molecule is CCCCN(CCCC)C1=C(c2ccc(N(CCCC)CCCC)cc2)C(Cl)(c2ccc(N(CCCC)CCCC)cc2)C(N)C=C1. The molecule has 2 N–H and O–H groups in total. The Labute approximate surface area is 294 Å². The maximum atomic E-state index is 8.01. The number of nitrogens with zero attached hydrogens (tertiary/aromatic N) is 3. The van der Waals surface area contributed by atoms with Crippen LogP contribution in [-0.4, -0.2) is 50.2 Å². The van der Waals surface area contributed by atoms with Crippen LogP contribution in [0.1, 0.15) is 130 Å². The highest BCUT2D eigenvalue weighted by atomic mass is 35.5. The number of anilines is 2. The van der Waals surface area contributed by atoms with Crippen LogP contribution < -0.4 is 15.5 Å². The van der Waals surface area contributed by atoms with Crippen LogP contribution in [0.15, 0.2) is 66.4 Å². The highest BCUT2D eigenvalue weighted by molar-refractivity contribution is 6.31. The van der Waals surface area contributed by atoms with E-state index in [0.717, 1.165) is 76.1 Å². The number of halogens is 1. The summed E-state index contributed by atoms with van der Waals surface area (Å²) < 4.78 is 0. The first kappa shape index (κ1) is 39.0. The fourth-order valence-corrected chi connectivity index (χ4v) is 7.07. The van der Waals surface area contributed by atoms with Crippen molar-refractivity contribution in [3.63, 3.8) is 0 Å². The lowest BCUT2D eigenvalue weighted by molar-refractivity contribution is 0.338. The van der Waals surface area contributed by atoms with Gasteiger partial charge in [-0.15, -0.1) is 11.6 Å². The van der Waals surface area contributed by atoms with Crippen LogP contribution in [0.3, 0.4) is 0 Å². The van der Waals surface area contributed by atoms with Gasteiger partial charge in [-0.1, -0.05) is 110 Å². The van der Waals surface area contributed by atoms with Gasteiger partial charge >= 0.3 is 0 Å². The third kappa shape index (κ3) is 10.5. The predicted octanol–water partition coefficient (Wildman–Crippen LogP) is 11.1. The molecule has 0 saturated heterocycles. The van der Waals surface area contributed by atoms with Gasteiger partial charge in [0.1, 0.15) is 4.87 Å². The highest BCUT2D eigenvalue weighted by Gasteiger charge is 2.44. The number of nitrogens with two attached hydrogens (primary N) is 1. The molecule has 2 aromatic rings. The van der Waals surface area contributed by atoms with Crippen LogP contribution in [0.4, 0.5) is 11.4 Å². The Bertz CT molecular complexity index is 1180. The molecule has 5 heteroatoms. The fraction of sp³-hybridized carbons (Fsp3) is 0.619. The van der Waals surface area contributed by atoms with Crippen molar-refractivity contribution in [2.45, 2.75) is 130 Å². The van der Waals surface area contributed by atoms with E-state index in [1.807, 2.05) is 0 Å². The number of allylic oxidation sites excluding steroid dienone is 1. The van der Waals surface area contributed by atoms with E-state index in [1.54, 1.807) is 0 Å². The molecule has 2 aromatic carbocycles. The van der Waals surface area contributed by atoms with Crippen LogP contribution in [-0.2, 0) is 4.87 Å². The monoisotopic (exact) mass is 663 g/mol. The Morgan fingerprint density at radius 2 is 0.915 bits per heavy atom. The standard InChI is InChI=1S/C42H67ClN4/c1-7-13-29-45(30-14-8-2)37-23-19-35(20-24-37)41-39(47(33-17-11-5)34-18-12-6)27-28-40(44)42(41,43)36-21-25-38(26-22-36)46(31-15-9-3)32-16-10-4/h19-28,40H,7-18,29-34,44H2,1-6H3. The molecule has 47 heavy (non-hydrogen) atoms. The Morgan fingerprint density at radius 3 is 1.30 bits per heavy atom. The number of unbranched alkanes of at least 4 members (excludes halogenated alkanes) is 6. The topological polar surface area (TPSA) is 35.7 Å². The fourth-order valence-electron chi connectivity index (χ4n) is 6.66. The van der Waals surface area contributed by atoms with Crippen molar-refractivity contribution in [1.82, 2.24) is 4.90 Å². The average Bonchev–Trinajstić information content (AvgIpc) is 3.10. The third-order valence-corrected chi connectivity index (χ3v) is 10.4. The molecule has 0 spiro atoms. The zero-order valence-electron chi connectivity index (χ0n) is 30.9. The van der Waals surface area contributed by atoms with Crippen molar-refractivity contribution in [1.29, 1.82) is 0 Å². The minimum atomic E-state index is -0.886. The summed E-state index contributed by atoms with van der Waals surface area (Å²) >= 11 is 8.01. The smallest absolute Gasteiger partial charge is 0.116 e. The summed E-state index contributed by atoms with van der Waals surface area (Å²) in [4.78, 5) is 6.79. The molecule has 1 aliphatic carbocycles. The molecule has 4 nitrogen and oxygen atoms in total. The lowest BCUT2D eigenvalue weighted by Gasteiger charge is -2.42. The number of hydrogen-bond acceptors (Lipinski definition) is 4. The van der Waals surface area contributed by atoms with Gasteiger partial charge in [-0.25, -0.2) is 0 Å². The second-order valence-corrected chi connectivity index (χ2v) is 14.1. The van der Waals surface area contributed by atoms with Crippen LogP contribution in [0.5, 0.6) is 0 Å². The molecule has 0 bridgehead atoms. The van der Waals surface area contributed by atoms with E-state index in [4.69, 9.17) is 17.3 Å². The van der Waals surface area contributed by atoms with Crippen LogP contribution in [0, 0.1) is 0 Å². The van der Waals surface area contributed by atoms with E-state index >= 15 is 0 Å². The van der Waals surface area contributed by atoms with Crippen molar-refractivity contribution in [2.75, 3.05) is 49.1 Å². The summed E-state index contributed by atoms with van der Waals surface area (Å²) in [5.74, 6) is 0. The summed E-state index contributed by atoms with van der Waals surface area (Å²) in [6.45, 7) is 20.0.